The van der Waals surface area contributed by atoms with Crippen molar-refractivity contribution in [3.8, 4) is 0 Å². The van der Waals surface area contributed by atoms with Crippen LogP contribution in [0.25, 0.3) is 0 Å². The molecule has 1 aliphatic rings. The Hall–Kier alpha value is -2.44. The highest BCUT2D eigenvalue weighted by Gasteiger charge is 2.35. The molecule has 0 unspecified atom stereocenters. The molecule has 29 heavy (non-hydrogen) atoms. The van der Waals surface area contributed by atoms with Gasteiger partial charge in [-0.05, 0) is 60.7 Å². The molecule has 6 nitrogen and oxygen atoms in total. The number of anilines is 1. The number of carbonyl (C=O) groups excluding carboxylic acids is 2. The minimum absolute atomic E-state index is 0.107. The Labute approximate surface area is 176 Å². The summed E-state index contributed by atoms with van der Waals surface area (Å²) < 4.78 is 0. The minimum Gasteiger partial charge on any atom is -0.337 e. The second kappa shape index (κ2) is 8.93. The van der Waals surface area contributed by atoms with Gasteiger partial charge in [0.1, 0.15) is 0 Å². The minimum atomic E-state index is -0.249. The first-order valence-corrected chi connectivity index (χ1v) is 10.2. The van der Waals surface area contributed by atoms with Gasteiger partial charge in [0.25, 0.3) is 5.91 Å². The van der Waals surface area contributed by atoms with E-state index in [4.69, 9.17) is 17.3 Å². The fourth-order valence-corrected chi connectivity index (χ4v) is 3.24. The summed E-state index contributed by atoms with van der Waals surface area (Å²) in [6.45, 7) is 5.52. The number of carbonyl (C=O) groups is 2. The molecule has 0 bridgehead atoms. The van der Waals surface area contributed by atoms with Crippen LogP contribution in [0, 0.1) is 11.3 Å². The number of hydrogen-bond acceptors (Lipinski definition) is 4. The molecule has 2 amide bonds. The molecule has 1 aliphatic carbocycles. The van der Waals surface area contributed by atoms with Gasteiger partial charge < -0.3 is 16.0 Å². The molecular weight excluding hydrogens is 388 g/mol. The van der Waals surface area contributed by atoms with E-state index in [1.807, 2.05) is 24.8 Å². The zero-order valence-corrected chi connectivity index (χ0v) is 17.6. The van der Waals surface area contributed by atoms with E-state index in [0.717, 1.165) is 18.4 Å². The van der Waals surface area contributed by atoms with Crippen molar-refractivity contribution in [2.45, 2.75) is 33.2 Å². The van der Waals surface area contributed by atoms with Crippen molar-refractivity contribution in [2.24, 2.45) is 17.1 Å². The van der Waals surface area contributed by atoms with Crippen LogP contribution in [0.15, 0.2) is 42.7 Å². The fraction of sp³-hybridized carbons (Fsp3) is 0.409. The van der Waals surface area contributed by atoms with E-state index in [2.05, 4.69) is 10.3 Å². The number of rotatable bonds is 8. The lowest BCUT2D eigenvalue weighted by molar-refractivity contribution is -0.134. The molecule has 0 radical (unpaired) electrons. The summed E-state index contributed by atoms with van der Waals surface area (Å²) in [6.07, 6.45) is 5.00. The van der Waals surface area contributed by atoms with E-state index in [1.165, 1.54) is 6.20 Å². The molecule has 154 valence electrons. The molecule has 7 heteroatoms. The highest BCUT2D eigenvalue weighted by Crippen LogP contribution is 2.33. The van der Waals surface area contributed by atoms with Crippen molar-refractivity contribution in [1.82, 2.24) is 9.88 Å². The SMILES string of the molecule is CC(C)(CN)CN(Cc1cc(NC(=O)c2cccnc2)ccc1Cl)C(=O)C1CC1. The van der Waals surface area contributed by atoms with E-state index in [1.54, 1.807) is 30.5 Å². The first-order chi connectivity index (χ1) is 13.8. The van der Waals surface area contributed by atoms with Crippen LogP contribution < -0.4 is 11.1 Å². The first kappa shape index (κ1) is 21.3. The molecule has 0 aliphatic heterocycles. The monoisotopic (exact) mass is 414 g/mol. The lowest BCUT2D eigenvalue weighted by Gasteiger charge is -2.32. The normalized spacial score (nSPS) is 13.8. The molecule has 0 atom stereocenters. The zero-order valence-electron chi connectivity index (χ0n) is 16.8. The number of hydrogen-bond donors (Lipinski definition) is 2. The zero-order chi connectivity index (χ0) is 21.0. The highest BCUT2D eigenvalue weighted by molar-refractivity contribution is 6.31. The fourth-order valence-electron chi connectivity index (χ4n) is 3.06. The number of nitrogens with one attached hydrogen (secondary N) is 1. The van der Waals surface area contributed by atoms with Crippen LogP contribution in [0.1, 0.15) is 42.6 Å². The lowest BCUT2D eigenvalue weighted by atomic mass is 9.92. The maximum atomic E-state index is 12.8. The second-order valence-electron chi connectivity index (χ2n) is 8.34. The summed E-state index contributed by atoms with van der Waals surface area (Å²) >= 11 is 6.41. The van der Waals surface area contributed by atoms with Crippen LogP contribution in [0.5, 0.6) is 0 Å². The van der Waals surface area contributed by atoms with Crippen LogP contribution in [0.4, 0.5) is 5.69 Å². The van der Waals surface area contributed by atoms with Crippen LogP contribution in [0.2, 0.25) is 5.02 Å². The molecule has 1 aromatic carbocycles. The number of halogens is 1. The van der Waals surface area contributed by atoms with Gasteiger partial charge in [-0.2, -0.15) is 0 Å². The van der Waals surface area contributed by atoms with Gasteiger partial charge >= 0.3 is 0 Å². The number of nitrogens with zero attached hydrogens (tertiary/aromatic N) is 2. The van der Waals surface area contributed by atoms with Gasteiger partial charge in [0, 0.05) is 42.1 Å². The lowest BCUT2D eigenvalue weighted by Crippen LogP contribution is -2.42. The maximum absolute atomic E-state index is 12.8. The summed E-state index contributed by atoms with van der Waals surface area (Å²) in [6, 6.07) is 8.71. The topological polar surface area (TPSA) is 88.3 Å². The number of benzene rings is 1. The predicted molar refractivity (Wildman–Crippen MR) is 115 cm³/mol. The quantitative estimate of drug-likeness (QED) is 0.689. The molecule has 0 spiro atoms. The molecule has 2 aromatic rings. The number of pyridine rings is 1. The predicted octanol–water partition coefficient (Wildman–Crippen LogP) is 3.71. The number of aromatic nitrogens is 1. The molecule has 3 N–H and O–H groups in total. The Bertz CT molecular complexity index is 882. The average Bonchev–Trinajstić information content (AvgIpc) is 3.55. The molecule has 1 saturated carbocycles. The van der Waals surface area contributed by atoms with Gasteiger partial charge in [-0.15, -0.1) is 0 Å². The van der Waals surface area contributed by atoms with Gasteiger partial charge in [-0.1, -0.05) is 25.4 Å². The number of nitrogens with two attached hydrogens (primary N) is 1. The average molecular weight is 415 g/mol. The van der Waals surface area contributed by atoms with Crippen LogP contribution >= 0.6 is 11.6 Å². The third-order valence-electron chi connectivity index (χ3n) is 5.00. The maximum Gasteiger partial charge on any atom is 0.257 e. The molecule has 0 saturated heterocycles. The van der Waals surface area contributed by atoms with Gasteiger partial charge in [0.05, 0.1) is 5.56 Å². The van der Waals surface area contributed by atoms with E-state index in [-0.39, 0.29) is 23.1 Å². The molecule has 1 heterocycles. The van der Waals surface area contributed by atoms with Crippen molar-refractivity contribution < 1.29 is 9.59 Å². The van der Waals surface area contributed by atoms with E-state index in [9.17, 15) is 9.59 Å². The Balaban J connectivity index is 1.78. The summed E-state index contributed by atoms with van der Waals surface area (Å²) in [5, 5.41) is 3.42. The summed E-state index contributed by atoms with van der Waals surface area (Å²) in [5.74, 6) is 0.00440. The molecule has 1 fully saturated rings. The third kappa shape index (κ3) is 5.78. The van der Waals surface area contributed by atoms with Gasteiger partial charge in [0.2, 0.25) is 5.91 Å². The Morgan fingerprint density at radius 2 is 2.07 bits per heavy atom. The molecular formula is C22H27ClN4O2. The van der Waals surface area contributed by atoms with E-state index in [0.29, 0.717) is 35.9 Å². The van der Waals surface area contributed by atoms with Gasteiger partial charge in [-0.3, -0.25) is 14.6 Å². The largest absolute Gasteiger partial charge is 0.337 e. The van der Waals surface area contributed by atoms with Crippen molar-refractivity contribution >= 4 is 29.1 Å². The Kier molecular flexibility index (Phi) is 6.55. The molecule has 3 rings (SSSR count). The van der Waals surface area contributed by atoms with Crippen LogP contribution in [-0.2, 0) is 11.3 Å². The van der Waals surface area contributed by atoms with Crippen LogP contribution in [0.3, 0.4) is 0 Å². The highest BCUT2D eigenvalue weighted by atomic mass is 35.5. The second-order valence-corrected chi connectivity index (χ2v) is 8.75. The van der Waals surface area contributed by atoms with Crippen molar-refractivity contribution in [1.29, 1.82) is 0 Å². The Morgan fingerprint density at radius 3 is 2.69 bits per heavy atom. The van der Waals surface area contributed by atoms with Crippen molar-refractivity contribution in [3.63, 3.8) is 0 Å². The first-order valence-electron chi connectivity index (χ1n) is 9.78. The smallest absolute Gasteiger partial charge is 0.257 e. The number of amides is 2. The summed E-state index contributed by atoms with van der Waals surface area (Å²) in [4.78, 5) is 31.0. The Morgan fingerprint density at radius 1 is 1.31 bits per heavy atom. The van der Waals surface area contributed by atoms with E-state index >= 15 is 0 Å². The van der Waals surface area contributed by atoms with Gasteiger partial charge in [-0.25, -0.2) is 0 Å². The molecule has 1 aromatic heterocycles. The summed E-state index contributed by atoms with van der Waals surface area (Å²) in [5.41, 5.74) is 7.58. The van der Waals surface area contributed by atoms with Crippen molar-refractivity contribution in [2.75, 3.05) is 18.4 Å². The standard InChI is InChI=1S/C22H27ClN4O2/c1-22(2,13-24)14-27(21(29)15-5-6-15)12-17-10-18(7-8-19(17)23)26-20(28)16-4-3-9-25-11-16/h3-4,7-11,15H,5-6,12-14,24H2,1-2H3,(H,26,28). The third-order valence-corrected chi connectivity index (χ3v) is 5.37. The van der Waals surface area contributed by atoms with Crippen LogP contribution in [-0.4, -0.2) is 34.8 Å². The van der Waals surface area contributed by atoms with Gasteiger partial charge in [0.15, 0.2) is 0 Å². The van der Waals surface area contributed by atoms with E-state index < -0.39 is 0 Å². The summed E-state index contributed by atoms with van der Waals surface area (Å²) in [7, 11) is 0. The van der Waals surface area contributed by atoms with Crippen molar-refractivity contribution in [3.05, 3.63) is 58.9 Å².